The standard InChI is InChI=1S/C17H17N3O2S/c1-11-3-4-14(22-2)13(9-11)19-17-20-16(21)15(23-17)10-12-5-7-18-8-6-12/h3-10,17,19H,1-2H3,(H,20,21)/b15-10-. The molecule has 1 atom stereocenters. The lowest BCUT2D eigenvalue weighted by Gasteiger charge is -2.16. The molecule has 1 amide bonds. The zero-order valence-corrected chi connectivity index (χ0v) is 13.7. The Labute approximate surface area is 139 Å². The zero-order chi connectivity index (χ0) is 16.2. The van der Waals surface area contributed by atoms with E-state index in [2.05, 4.69) is 15.6 Å². The summed E-state index contributed by atoms with van der Waals surface area (Å²) in [6.45, 7) is 2.01. The summed E-state index contributed by atoms with van der Waals surface area (Å²) in [5.74, 6) is 0.660. The summed E-state index contributed by atoms with van der Waals surface area (Å²) in [6, 6.07) is 9.62. The minimum Gasteiger partial charge on any atom is -0.495 e. The number of aromatic nitrogens is 1. The summed E-state index contributed by atoms with van der Waals surface area (Å²) in [5, 5.41) is 6.22. The van der Waals surface area contributed by atoms with E-state index in [4.69, 9.17) is 4.74 Å². The van der Waals surface area contributed by atoms with Gasteiger partial charge in [-0.05, 0) is 48.4 Å². The molecule has 0 radical (unpaired) electrons. The fourth-order valence-corrected chi connectivity index (χ4v) is 3.23. The van der Waals surface area contributed by atoms with E-state index in [9.17, 15) is 4.79 Å². The first-order valence-corrected chi connectivity index (χ1v) is 8.04. The summed E-state index contributed by atoms with van der Waals surface area (Å²) >= 11 is 1.45. The average molecular weight is 327 g/mol. The van der Waals surface area contributed by atoms with Gasteiger partial charge in [-0.15, -0.1) is 0 Å². The van der Waals surface area contributed by atoms with Gasteiger partial charge in [0.05, 0.1) is 17.7 Å². The fraction of sp³-hybridized carbons (Fsp3) is 0.176. The highest BCUT2D eigenvalue weighted by Gasteiger charge is 2.27. The number of aryl methyl sites for hydroxylation is 1. The van der Waals surface area contributed by atoms with Crippen molar-refractivity contribution in [3.8, 4) is 5.75 Å². The molecule has 0 bridgehead atoms. The van der Waals surface area contributed by atoms with Gasteiger partial charge >= 0.3 is 0 Å². The highest BCUT2D eigenvalue weighted by molar-refractivity contribution is 8.05. The number of methoxy groups -OCH3 is 1. The first-order chi connectivity index (χ1) is 11.2. The second-order valence-corrected chi connectivity index (χ2v) is 6.26. The number of thioether (sulfide) groups is 1. The molecule has 1 fully saturated rings. The summed E-state index contributed by atoms with van der Waals surface area (Å²) in [5.41, 5.74) is 2.70. The minimum atomic E-state index is -0.230. The SMILES string of the molecule is COc1ccc(C)cc1NC1NC(=O)/C(=C/c2ccncc2)S1. The Balaban J connectivity index is 1.76. The third-order valence-corrected chi connectivity index (χ3v) is 4.40. The van der Waals surface area contributed by atoms with Crippen LogP contribution in [0, 0.1) is 6.92 Å². The predicted molar refractivity (Wildman–Crippen MR) is 93.1 cm³/mol. The van der Waals surface area contributed by atoms with Gasteiger partial charge in [0, 0.05) is 12.4 Å². The number of carbonyl (C=O) groups is 1. The first-order valence-electron chi connectivity index (χ1n) is 7.16. The monoisotopic (exact) mass is 327 g/mol. The van der Waals surface area contributed by atoms with E-state index in [0.29, 0.717) is 4.91 Å². The van der Waals surface area contributed by atoms with Crippen molar-refractivity contribution in [2.24, 2.45) is 0 Å². The van der Waals surface area contributed by atoms with Gasteiger partial charge < -0.3 is 15.4 Å². The third-order valence-electron chi connectivity index (χ3n) is 3.38. The van der Waals surface area contributed by atoms with Crippen LogP contribution in [0.2, 0.25) is 0 Å². The molecule has 2 heterocycles. The van der Waals surface area contributed by atoms with E-state index in [-0.39, 0.29) is 11.4 Å². The second-order valence-electron chi connectivity index (χ2n) is 5.11. The summed E-state index contributed by atoms with van der Waals surface area (Å²) < 4.78 is 5.35. The van der Waals surface area contributed by atoms with E-state index < -0.39 is 0 Å². The number of hydrogen-bond acceptors (Lipinski definition) is 5. The van der Waals surface area contributed by atoms with E-state index in [1.165, 1.54) is 11.8 Å². The van der Waals surface area contributed by atoms with Crippen molar-refractivity contribution in [2.45, 2.75) is 12.4 Å². The number of rotatable bonds is 4. The molecule has 1 saturated heterocycles. The van der Waals surface area contributed by atoms with Crippen molar-refractivity contribution < 1.29 is 9.53 Å². The van der Waals surface area contributed by atoms with Crippen molar-refractivity contribution in [3.05, 3.63) is 58.8 Å². The van der Waals surface area contributed by atoms with Gasteiger partial charge in [0.15, 0.2) is 5.50 Å². The second kappa shape index (κ2) is 6.75. The predicted octanol–water partition coefficient (Wildman–Crippen LogP) is 3.00. The molecule has 1 unspecified atom stereocenters. The van der Waals surface area contributed by atoms with Gasteiger partial charge in [0.25, 0.3) is 5.91 Å². The molecule has 0 aliphatic carbocycles. The zero-order valence-electron chi connectivity index (χ0n) is 12.9. The lowest BCUT2D eigenvalue weighted by atomic mass is 10.2. The van der Waals surface area contributed by atoms with Gasteiger partial charge in [-0.25, -0.2) is 0 Å². The molecule has 2 aromatic rings. The molecule has 3 rings (SSSR count). The van der Waals surface area contributed by atoms with Crippen LogP contribution in [-0.2, 0) is 4.79 Å². The number of anilines is 1. The summed E-state index contributed by atoms with van der Waals surface area (Å²) in [7, 11) is 1.63. The Kier molecular flexibility index (Phi) is 4.52. The molecule has 0 saturated carbocycles. The van der Waals surface area contributed by atoms with Crippen LogP contribution in [0.5, 0.6) is 5.75 Å². The topological polar surface area (TPSA) is 63.2 Å². The molecular formula is C17H17N3O2S. The van der Waals surface area contributed by atoms with Gasteiger partial charge in [0.2, 0.25) is 0 Å². The number of ether oxygens (including phenoxy) is 1. The van der Waals surface area contributed by atoms with Crippen LogP contribution >= 0.6 is 11.8 Å². The quantitative estimate of drug-likeness (QED) is 0.845. The Morgan fingerprint density at radius 3 is 2.83 bits per heavy atom. The number of nitrogens with one attached hydrogen (secondary N) is 2. The smallest absolute Gasteiger partial charge is 0.260 e. The van der Waals surface area contributed by atoms with Gasteiger partial charge in [-0.3, -0.25) is 9.78 Å². The maximum absolute atomic E-state index is 12.1. The highest BCUT2D eigenvalue weighted by atomic mass is 32.2. The molecular weight excluding hydrogens is 310 g/mol. The van der Waals surface area contributed by atoms with Crippen LogP contribution in [-0.4, -0.2) is 23.5 Å². The Morgan fingerprint density at radius 2 is 2.09 bits per heavy atom. The van der Waals surface area contributed by atoms with Crippen LogP contribution in [0.3, 0.4) is 0 Å². The highest BCUT2D eigenvalue weighted by Crippen LogP contribution is 2.33. The minimum absolute atomic E-state index is 0.0871. The van der Waals surface area contributed by atoms with Crippen molar-refractivity contribution in [1.29, 1.82) is 0 Å². The maximum Gasteiger partial charge on any atom is 0.260 e. The number of nitrogens with zero attached hydrogens (tertiary/aromatic N) is 1. The van der Waals surface area contributed by atoms with Crippen molar-refractivity contribution in [1.82, 2.24) is 10.3 Å². The lowest BCUT2D eigenvalue weighted by molar-refractivity contribution is -0.116. The normalized spacial score (nSPS) is 18.8. The van der Waals surface area contributed by atoms with Crippen LogP contribution in [0.25, 0.3) is 6.08 Å². The van der Waals surface area contributed by atoms with Gasteiger partial charge in [0.1, 0.15) is 5.75 Å². The van der Waals surface area contributed by atoms with E-state index in [0.717, 1.165) is 22.6 Å². The summed E-state index contributed by atoms with van der Waals surface area (Å²) in [4.78, 5) is 16.8. The van der Waals surface area contributed by atoms with Crippen LogP contribution < -0.4 is 15.4 Å². The van der Waals surface area contributed by atoms with Crippen LogP contribution in [0.1, 0.15) is 11.1 Å². The Hall–Kier alpha value is -2.47. The molecule has 5 nitrogen and oxygen atoms in total. The van der Waals surface area contributed by atoms with Crippen molar-refractivity contribution >= 4 is 29.4 Å². The molecule has 1 aliphatic heterocycles. The fourth-order valence-electron chi connectivity index (χ4n) is 2.25. The van der Waals surface area contributed by atoms with Gasteiger partial charge in [-0.1, -0.05) is 17.8 Å². The van der Waals surface area contributed by atoms with Crippen molar-refractivity contribution in [2.75, 3.05) is 12.4 Å². The van der Waals surface area contributed by atoms with Gasteiger partial charge in [-0.2, -0.15) is 0 Å². The number of carbonyl (C=O) groups excluding carboxylic acids is 1. The molecule has 1 aliphatic rings. The molecule has 1 aromatic carbocycles. The van der Waals surface area contributed by atoms with Crippen LogP contribution in [0.4, 0.5) is 5.69 Å². The molecule has 6 heteroatoms. The number of pyridine rings is 1. The molecule has 0 spiro atoms. The summed E-state index contributed by atoms with van der Waals surface area (Å²) in [6.07, 6.45) is 5.27. The van der Waals surface area contributed by atoms with Crippen LogP contribution in [0.15, 0.2) is 47.6 Å². The lowest BCUT2D eigenvalue weighted by Crippen LogP contribution is -2.31. The Bertz CT molecular complexity index is 747. The molecule has 1 aromatic heterocycles. The van der Waals surface area contributed by atoms with E-state index >= 15 is 0 Å². The van der Waals surface area contributed by atoms with E-state index in [1.54, 1.807) is 19.5 Å². The largest absolute Gasteiger partial charge is 0.495 e. The van der Waals surface area contributed by atoms with E-state index in [1.807, 2.05) is 43.3 Å². The molecule has 118 valence electrons. The molecule has 2 N–H and O–H groups in total. The Morgan fingerprint density at radius 1 is 1.30 bits per heavy atom. The number of amides is 1. The first kappa shape index (κ1) is 15.4. The molecule has 23 heavy (non-hydrogen) atoms. The average Bonchev–Trinajstić information content (AvgIpc) is 2.88. The third kappa shape index (κ3) is 3.65. The number of hydrogen-bond donors (Lipinski definition) is 2. The number of benzene rings is 1. The van der Waals surface area contributed by atoms with Crippen molar-refractivity contribution in [3.63, 3.8) is 0 Å². The maximum atomic E-state index is 12.1.